The summed E-state index contributed by atoms with van der Waals surface area (Å²) in [5, 5.41) is 0. The first kappa shape index (κ1) is 14.2. The lowest BCUT2D eigenvalue weighted by molar-refractivity contribution is 0.0455. The van der Waals surface area contributed by atoms with Crippen LogP contribution in [0, 0.1) is 5.92 Å². The van der Waals surface area contributed by atoms with E-state index in [1.54, 1.807) is 0 Å². The number of rotatable bonds is 6. The zero-order chi connectivity index (χ0) is 14.0. The Morgan fingerprint density at radius 3 is 2.79 bits per heavy atom. The Morgan fingerprint density at radius 2 is 2.26 bits per heavy atom. The minimum Gasteiger partial charge on any atom is -0.383 e. The first-order valence-corrected chi connectivity index (χ1v) is 7.64. The quantitative estimate of drug-likeness (QED) is 0.616. The summed E-state index contributed by atoms with van der Waals surface area (Å²) in [7, 11) is -4.20. The minimum atomic E-state index is -4.20. The van der Waals surface area contributed by atoms with E-state index in [0.29, 0.717) is 0 Å². The Hall–Kier alpha value is -1.21. The van der Waals surface area contributed by atoms with Crippen molar-refractivity contribution in [3.05, 3.63) is 22.7 Å². The molecule has 2 rings (SSSR count). The molecule has 0 aliphatic heterocycles. The van der Waals surface area contributed by atoms with E-state index in [-0.39, 0.29) is 18.3 Å². The second kappa shape index (κ2) is 5.42. The Labute approximate surface area is 109 Å². The van der Waals surface area contributed by atoms with E-state index in [4.69, 9.17) is 20.3 Å². The lowest BCUT2D eigenvalue weighted by Gasteiger charge is -2.18. The van der Waals surface area contributed by atoms with Crippen molar-refractivity contribution in [1.82, 2.24) is 9.55 Å². The summed E-state index contributed by atoms with van der Waals surface area (Å²) in [5.41, 5.74) is 4.89. The first-order valence-electron chi connectivity index (χ1n) is 5.84. The number of hydrogen-bond donors (Lipinski definition) is 3. The summed E-state index contributed by atoms with van der Waals surface area (Å²) in [4.78, 5) is 32.8. The molecule has 1 fully saturated rings. The number of nitrogen functional groups attached to an aromatic ring is 1. The molecule has 8 nitrogen and oxygen atoms in total. The summed E-state index contributed by atoms with van der Waals surface area (Å²) in [6.07, 6.45) is 2.34. The fourth-order valence-electron chi connectivity index (χ4n) is 1.77. The maximum absolute atomic E-state index is 11.6. The monoisotopic (exact) mass is 289 g/mol. The second-order valence-electron chi connectivity index (χ2n) is 4.62. The van der Waals surface area contributed by atoms with Gasteiger partial charge in [-0.15, -0.1) is 0 Å². The van der Waals surface area contributed by atoms with Crippen LogP contribution in [0.25, 0.3) is 0 Å². The van der Waals surface area contributed by atoms with E-state index in [1.165, 1.54) is 16.8 Å². The summed E-state index contributed by atoms with van der Waals surface area (Å²) >= 11 is 0. The Kier molecular flexibility index (Phi) is 4.05. The molecule has 1 aliphatic rings. The van der Waals surface area contributed by atoms with Crippen LogP contribution in [0.15, 0.2) is 17.1 Å². The fraction of sp³-hybridized carbons (Fsp3) is 0.600. The normalized spacial score (nSPS) is 17.4. The standard InChI is InChI=1S/C10H16N3O5P/c11-9-3-4-13(10(14)12-9)5-8(7-1-2-7)18-6-19(15,16)17/h3-4,7-8H,1-2,5-6H2,(H2,11,12,14)(H2,15,16,17)/t8-/m1/s1. The molecule has 4 N–H and O–H groups in total. The highest BCUT2D eigenvalue weighted by atomic mass is 31.2. The molecule has 1 aliphatic carbocycles. The van der Waals surface area contributed by atoms with Crippen molar-refractivity contribution >= 4 is 13.4 Å². The third-order valence-corrected chi connectivity index (χ3v) is 3.36. The van der Waals surface area contributed by atoms with Gasteiger partial charge in [0.05, 0.1) is 12.6 Å². The summed E-state index contributed by atoms with van der Waals surface area (Å²) in [6.45, 7) is 0.219. The molecule has 1 saturated carbocycles. The molecule has 0 unspecified atom stereocenters. The average Bonchev–Trinajstić information content (AvgIpc) is 3.09. The van der Waals surface area contributed by atoms with Gasteiger partial charge in [0.1, 0.15) is 12.2 Å². The van der Waals surface area contributed by atoms with Crippen molar-refractivity contribution in [3.8, 4) is 0 Å². The van der Waals surface area contributed by atoms with Crippen molar-refractivity contribution in [2.24, 2.45) is 5.92 Å². The van der Waals surface area contributed by atoms with E-state index in [9.17, 15) is 9.36 Å². The molecule has 0 saturated heterocycles. The van der Waals surface area contributed by atoms with Gasteiger partial charge >= 0.3 is 13.3 Å². The molecule has 1 aromatic heterocycles. The van der Waals surface area contributed by atoms with Crippen LogP contribution in [-0.2, 0) is 15.8 Å². The number of nitrogens with two attached hydrogens (primary N) is 1. The molecule has 0 bridgehead atoms. The molecule has 0 spiro atoms. The first-order chi connectivity index (χ1) is 8.85. The van der Waals surface area contributed by atoms with E-state index in [2.05, 4.69) is 4.98 Å². The van der Waals surface area contributed by atoms with Crippen LogP contribution in [0.1, 0.15) is 12.8 Å². The molecule has 19 heavy (non-hydrogen) atoms. The topological polar surface area (TPSA) is 128 Å². The smallest absolute Gasteiger partial charge is 0.350 e. The van der Waals surface area contributed by atoms with Gasteiger partial charge in [0.25, 0.3) is 0 Å². The van der Waals surface area contributed by atoms with Crippen LogP contribution >= 0.6 is 7.60 Å². The van der Waals surface area contributed by atoms with E-state index in [0.717, 1.165) is 12.8 Å². The second-order valence-corrected chi connectivity index (χ2v) is 6.21. The molecule has 0 radical (unpaired) electrons. The zero-order valence-electron chi connectivity index (χ0n) is 10.2. The number of nitrogens with zero attached hydrogens (tertiary/aromatic N) is 2. The highest BCUT2D eigenvalue weighted by molar-refractivity contribution is 7.51. The molecule has 9 heteroatoms. The van der Waals surface area contributed by atoms with Gasteiger partial charge in [-0.1, -0.05) is 0 Å². The van der Waals surface area contributed by atoms with Crippen LogP contribution in [0.5, 0.6) is 0 Å². The maximum atomic E-state index is 11.6. The van der Waals surface area contributed by atoms with Gasteiger partial charge in [-0.05, 0) is 24.8 Å². The molecule has 0 aromatic carbocycles. The van der Waals surface area contributed by atoms with E-state index < -0.39 is 25.7 Å². The van der Waals surface area contributed by atoms with Crippen LogP contribution in [0.3, 0.4) is 0 Å². The molecular weight excluding hydrogens is 273 g/mol. The van der Waals surface area contributed by atoms with Gasteiger partial charge < -0.3 is 20.3 Å². The molecule has 1 aromatic rings. The van der Waals surface area contributed by atoms with Crippen molar-refractivity contribution in [2.45, 2.75) is 25.5 Å². The molecular formula is C10H16N3O5P. The number of aromatic nitrogens is 2. The lowest BCUT2D eigenvalue weighted by Crippen LogP contribution is -2.31. The van der Waals surface area contributed by atoms with Gasteiger partial charge in [0.15, 0.2) is 0 Å². The van der Waals surface area contributed by atoms with E-state index >= 15 is 0 Å². The molecule has 1 heterocycles. The van der Waals surface area contributed by atoms with Gasteiger partial charge in [-0.3, -0.25) is 9.13 Å². The Bertz CT molecular complexity index is 550. The predicted octanol–water partition coefficient (Wildman–Crippen LogP) is -0.244. The van der Waals surface area contributed by atoms with Gasteiger partial charge in [-0.2, -0.15) is 4.98 Å². The predicted molar refractivity (Wildman–Crippen MR) is 67.4 cm³/mol. The molecule has 106 valence electrons. The fourth-order valence-corrected chi connectivity index (χ4v) is 2.16. The summed E-state index contributed by atoms with van der Waals surface area (Å²) in [5.74, 6) is 0.372. The largest absolute Gasteiger partial charge is 0.383 e. The van der Waals surface area contributed by atoms with Gasteiger partial charge in [0.2, 0.25) is 0 Å². The third-order valence-electron chi connectivity index (χ3n) is 2.88. The minimum absolute atomic E-state index is 0.139. The average molecular weight is 289 g/mol. The number of anilines is 1. The summed E-state index contributed by atoms with van der Waals surface area (Å²) in [6, 6.07) is 1.49. The van der Waals surface area contributed by atoms with Crippen molar-refractivity contribution < 1.29 is 19.1 Å². The van der Waals surface area contributed by atoms with Crippen molar-refractivity contribution in [2.75, 3.05) is 12.1 Å². The third kappa shape index (κ3) is 4.43. The van der Waals surface area contributed by atoms with Crippen LogP contribution in [-0.4, -0.2) is 31.8 Å². The van der Waals surface area contributed by atoms with Gasteiger partial charge in [-0.25, -0.2) is 4.79 Å². The van der Waals surface area contributed by atoms with Crippen LogP contribution in [0.4, 0.5) is 5.82 Å². The molecule has 0 amide bonds. The Balaban J connectivity index is 2.04. The van der Waals surface area contributed by atoms with Crippen molar-refractivity contribution in [3.63, 3.8) is 0 Å². The lowest BCUT2D eigenvalue weighted by atomic mass is 10.2. The van der Waals surface area contributed by atoms with Crippen LogP contribution < -0.4 is 11.4 Å². The van der Waals surface area contributed by atoms with Crippen LogP contribution in [0.2, 0.25) is 0 Å². The zero-order valence-corrected chi connectivity index (χ0v) is 11.1. The van der Waals surface area contributed by atoms with E-state index in [1.807, 2.05) is 0 Å². The van der Waals surface area contributed by atoms with Gasteiger partial charge in [0, 0.05) is 6.20 Å². The highest BCUT2D eigenvalue weighted by Gasteiger charge is 2.33. The maximum Gasteiger partial charge on any atom is 0.350 e. The molecule has 1 atom stereocenters. The number of ether oxygens (including phenoxy) is 1. The Morgan fingerprint density at radius 1 is 1.58 bits per heavy atom. The highest BCUT2D eigenvalue weighted by Crippen LogP contribution is 2.39. The summed E-state index contributed by atoms with van der Waals surface area (Å²) < 4.78 is 17.4. The SMILES string of the molecule is Nc1ccn(C[C@@H](OCP(=O)(O)O)C2CC2)c(=O)n1. The number of hydrogen-bond acceptors (Lipinski definition) is 5. The van der Waals surface area contributed by atoms with Crippen molar-refractivity contribution in [1.29, 1.82) is 0 Å².